The van der Waals surface area contributed by atoms with Gasteiger partial charge in [-0.1, -0.05) is 56.2 Å². The van der Waals surface area contributed by atoms with Crippen LogP contribution >= 0.6 is 17.0 Å². The van der Waals surface area contributed by atoms with Gasteiger partial charge >= 0.3 is 37.9 Å². The first kappa shape index (κ1) is 19.8. The Bertz CT molecular complexity index is 803. The van der Waals surface area contributed by atoms with Crippen molar-refractivity contribution in [3.63, 3.8) is 0 Å². The van der Waals surface area contributed by atoms with Crippen LogP contribution in [0, 0.1) is 6.92 Å². The van der Waals surface area contributed by atoms with Gasteiger partial charge in [-0.3, -0.25) is 0 Å². The molecule has 0 aliphatic carbocycles. The van der Waals surface area contributed by atoms with Gasteiger partial charge in [0.25, 0.3) is 0 Å². The second kappa shape index (κ2) is 9.28. The van der Waals surface area contributed by atoms with Gasteiger partial charge < -0.3 is 0 Å². The minimum absolute atomic E-state index is 0.538. The van der Waals surface area contributed by atoms with E-state index in [1.807, 2.05) is 0 Å². The predicted octanol–water partition coefficient (Wildman–Crippen LogP) is 7.60. The molecule has 0 aliphatic heterocycles. The van der Waals surface area contributed by atoms with Crippen molar-refractivity contribution in [3.05, 3.63) is 65.2 Å². The van der Waals surface area contributed by atoms with Crippen LogP contribution in [-0.2, 0) is 27.3 Å². The van der Waals surface area contributed by atoms with Crippen molar-refractivity contribution in [2.45, 2.75) is 40.0 Å². The van der Waals surface area contributed by atoms with Crippen LogP contribution in [0.15, 0.2) is 48.5 Å². The van der Waals surface area contributed by atoms with E-state index in [0.717, 1.165) is 6.42 Å². The number of aryl methyl sites for hydroxylation is 2. The maximum absolute atomic E-state index is 4.93. The molecule has 0 aliphatic rings. The maximum atomic E-state index is 4.93. The molecule has 3 aromatic carbocycles. The Kier molecular flexibility index (Phi) is 7.67. The molecule has 0 bridgehead atoms. The third kappa shape index (κ3) is 4.37. The molecule has 3 heteroatoms. The molecular weight excluding hydrogens is 414 g/mol. The zero-order chi connectivity index (χ0) is 17.7. The number of fused-ring (bicyclic) bond motifs is 1. The van der Waals surface area contributed by atoms with Gasteiger partial charge in [-0.15, -0.1) is 34.5 Å². The predicted molar refractivity (Wildman–Crippen MR) is 105 cm³/mol. The number of rotatable bonds is 3. The molecule has 0 aromatic heterocycles. The van der Waals surface area contributed by atoms with Crippen LogP contribution < -0.4 is 0 Å². The summed E-state index contributed by atoms with van der Waals surface area (Å²) in [7, 11) is 9.87. The van der Waals surface area contributed by atoms with Crippen LogP contribution in [0.1, 0.15) is 43.4 Å². The van der Waals surface area contributed by atoms with Crippen molar-refractivity contribution in [2.24, 2.45) is 0 Å². The molecule has 0 unspecified atom stereocenters. The van der Waals surface area contributed by atoms with Crippen molar-refractivity contribution < 1.29 is 20.8 Å². The van der Waals surface area contributed by atoms with Crippen molar-refractivity contribution in [1.82, 2.24) is 0 Å². The molecule has 0 saturated carbocycles. The molecule has 24 heavy (non-hydrogen) atoms. The van der Waals surface area contributed by atoms with Crippen molar-refractivity contribution in [2.75, 3.05) is 0 Å². The van der Waals surface area contributed by atoms with Crippen molar-refractivity contribution in [3.8, 4) is 11.1 Å². The summed E-state index contributed by atoms with van der Waals surface area (Å²) in [5, 5.41) is 2.77. The van der Waals surface area contributed by atoms with Crippen LogP contribution in [0.3, 0.4) is 0 Å². The Morgan fingerprint density at radius 3 is 2.38 bits per heavy atom. The molecule has 0 amide bonds. The quantitative estimate of drug-likeness (QED) is 0.370. The molecule has 0 radical (unpaired) electrons. The second-order valence-corrected chi connectivity index (χ2v) is 10.0. The first-order valence-electron chi connectivity index (χ1n) is 8.27. The summed E-state index contributed by atoms with van der Waals surface area (Å²) in [5.74, 6) is 0.538. The van der Waals surface area contributed by atoms with E-state index in [0.29, 0.717) is 5.92 Å². The fourth-order valence-electron chi connectivity index (χ4n) is 3.24. The summed E-state index contributed by atoms with van der Waals surface area (Å²) >= 11 is -0.826. The third-order valence-electron chi connectivity index (χ3n) is 4.42. The Morgan fingerprint density at radius 1 is 1.08 bits per heavy atom. The fraction of sp³-hybridized carbons (Fsp3) is 0.286. The van der Waals surface area contributed by atoms with E-state index < -0.39 is 20.8 Å². The molecule has 0 nitrogen and oxygen atoms in total. The summed E-state index contributed by atoms with van der Waals surface area (Å²) in [6.07, 6.45) is 1.10. The molecule has 0 spiro atoms. The van der Waals surface area contributed by atoms with Gasteiger partial charge in [0.2, 0.25) is 0 Å². The summed E-state index contributed by atoms with van der Waals surface area (Å²) in [5.41, 5.74) is 7.04. The average Bonchev–Trinajstić information content (AvgIpc) is 2.98. The summed E-state index contributed by atoms with van der Waals surface area (Å²) < 4.78 is 0. The van der Waals surface area contributed by atoms with E-state index in [9.17, 15) is 0 Å². The molecule has 3 aromatic rings. The Morgan fingerprint density at radius 2 is 1.75 bits per heavy atom. The molecule has 0 fully saturated rings. The summed E-state index contributed by atoms with van der Waals surface area (Å²) in [4.78, 5) is 0. The zero-order valence-corrected chi connectivity index (χ0v) is 18.6. The van der Waals surface area contributed by atoms with E-state index in [1.165, 1.54) is 38.6 Å². The standard InChI is InChI=1S/C21H23.2ClH.Zr/c1-5-16-12-17-11-10-15(4)21(20(17)13-16)19-9-7-6-8-18(19)14(2)3;;;/h6-14H,5H2,1-4H3;2*1H;/q-1;;;+2/p-2. The SMILES string of the molecule is CCc1cc2c(-c3ccccc3C(C)C)c(C)ccc2[cH-]1.[Cl][Zr][Cl]. The van der Waals surface area contributed by atoms with Gasteiger partial charge in [0, 0.05) is 0 Å². The molecule has 126 valence electrons. The summed E-state index contributed by atoms with van der Waals surface area (Å²) in [6, 6.07) is 18.1. The number of hydrogen-bond donors (Lipinski definition) is 0. The summed E-state index contributed by atoms with van der Waals surface area (Å²) in [6.45, 7) is 9.00. The van der Waals surface area contributed by atoms with Gasteiger partial charge in [0.05, 0.1) is 0 Å². The topological polar surface area (TPSA) is 0 Å². The van der Waals surface area contributed by atoms with Gasteiger partial charge in [-0.25, -0.2) is 0 Å². The monoisotopic (exact) mass is 435 g/mol. The molecule has 0 atom stereocenters. The van der Waals surface area contributed by atoms with Gasteiger partial charge in [0.15, 0.2) is 0 Å². The van der Waals surface area contributed by atoms with E-state index in [2.05, 4.69) is 76.2 Å². The average molecular weight is 438 g/mol. The van der Waals surface area contributed by atoms with Crippen molar-refractivity contribution >= 4 is 27.8 Å². The number of halogens is 2. The minimum atomic E-state index is -0.826. The third-order valence-corrected chi connectivity index (χ3v) is 4.42. The van der Waals surface area contributed by atoms with Crippen LogP contribution in [0.25, 0.3) is 21.9 Å². The molecule has 0 saturated heterocycles. The van der Waals surface area contributed by atoms with E-state index in [-0.39, 0.29) is 0 Å². The first-order valence-corrected chi connectivity index (χ1v) is 14.6. The second-order valence-electron chi connectivity index (χ2n) is 6.29. The van der Waals surface area contributed by atoms with E-state index in [1.54, 1.807) is 0 Å². The van der Waals surface area contributed by atoms with E-state index in [4.69, 9.17) is 17.0 Å². The van der Waals surface area contributed by atoms with E-state index >= 15 is 0 Å². The molecule has 3 rings (SSSR count). The normalized spacial score (nSPS) is 10.6. The Balaban J connectivity index is 0.000000647. The van der Waals surface area contributed by atoms with Crippen LogP contribution in [-0.4, -0.2) is 0 Å². The Hall–Kier alpha value is -0.487. The zero-order valence-electron chi connectivity index (χ0n) is 14.7. The van der Waals surface area contributed by atoms with Gasteiger partial charge in [0.1, 0.15) is 0 Å². The first-order chi connectivity index (χ1) is 11.5. The fourth-order valence-corrected chi connectivity index (χ4v) is 3.24. The van der Waals surface area contributed by atoms with Gasteiger partial charge in [-0.05, 0) is 30.4 Å². The van der Waals surface area contributed by atoms with Crippen LogP contribution in [0.4, 0.5) is 0 Å². The van der Waals surface area contributed by atoms with Crippen LogP contribution in [0.5, 0.6) is 0 Å². The van der Waals surface area contributed by atoms with Gasteiger partial charge in [-0.2, -0.15) is 6.07 Å². The number of benzene rings is 2. The Labute approximate surface area is 164 Å². The van der Waals surface area contributed by atoms with Crippen LogP contribution in [0.2, 0.25) is 0 Å². The number of hydrogen-bond acceptors (Lipinski definition) is 0. The van der Waals surface area contributed by atoms with Crippen molar-refractivity contribution in [1.29, 1.82) is 0 Å². The molecular formula is C21H23Cl2Zr-. The molecule has 0 heterocycles. The molecule has 0 N–H and O–H groups in total.